The largest absolute Gasteiger partial charge is 0.486 e. The van der Waals surface area contributed by atoms with E-state index in [4.69, 9.17) is 10.5 Å². The van der Waals surface area contributed by atoms with Gasteiger partial charge in [0.05, 0.1) is 12.2 Å². The summed E-state index contributed by atoms with van der Waals surface area (Å²) in [6.45, 7) is 6.34. The van der Waals surface area contributed by atoms with E-state index >= 15 is 0 Å². The fourth-order valence-corrected chi connectivity index (χ4v) is 2.21. The highest BCUT2D eigenvalue weighted by atomic mass is 16.5. The first kappa shape index (κ1) is 11.1. The monoisotopic (exact) mass is 220 g/mol. The van der Waals surface area contributed by atoms with Gasteiger partial charge in [0.15, 0.2) is 0 Å². The fraction of sp³-hybridized carbons (Fsp3) is 0.538. The minimum absolute atomic E-state index is 0.292. The quantitative estimate of drug-likeness (QED) is 0.796. The average molecular weight is 220 g/mol. The van der Waals surface area contributed by atoms with Crippen LogP contribution < -0.4 is 15.4 Å². The number of anilines is 2. The van der Waals surface area contributed by atoms with Gasteiger partial charge in [-0.3, -0.25) is 0 Å². The van der Waals surface area contributed by atoms with E-state index in [0.717, 1.165) is 43.1 Å². The molecule has 1 aromatic carbocycles. The molecule has 0 aromatic heterocycles. The molecule has 1 heterocycles. The lowest BCUT2D eigenvalue weighted by Gasteiger charge is -2.36. The standard InChI is InChI=1S/C13H20N2O/c1-3-8-15-9-10(4-2)16-12-7-5-6-11(14)13(12)15/h5-7,10H,3-4,8-9,14H2,1-2H3. The molecule has 0 bridgehead atoms. The third-order valence-corrected chi connectivity index (χ3v) is 3.01. The van der Waals surface area contributed by atoms with E-state index < -0.39 is 0 Å². The van der Waals surface area contributed by atoms with Crippen molar-refractivity contribution in [2.75, 3.05) is 23.7 Å². The van der Waals surface area contributed by atoms with Crippen molar-refractivity contribution in [2.24, 2.45) is 0 Å². The van der Waals surface area contributed by atoms with Crippen LogP contribution in [0.25, 0.3) is 0 Å². The van der Waals surface area contributed by atoms with Gasteiger partial charge < -0.3 is 15.4 Å². The van der Waals surface area contributed by atoms with E-state index in [1.165, 1.54) is 0 Å². The number of benzene rings is 1. The molecule has 1 aliphatic rings. The highest BCUT2D eigenvalue weighted by Crippen LogP contribution is 2.38. The number of nitrogen functional groups attached to an aromatic ring is 1. The Labute approximate surface area is 97.2 Å². The molecule has 1 aromatic rings. The molecule has 1 unspecified atom stereocenters. The van der Waals surface area contributed by atoms with Gasteiger partial charge in [0, 0.05) is 6.54 Å². The van der Waals surface area contributed by atoms with Crippen molar-refractivity contribution >= 4 is 11.4 Å². The smallest absolute Gasteiger partial charge is 0.145 e. The second kappa shape index (κ2) is 4.64. The maximum Gasteiger partial charge on any atom is 0.145 e. The Morgan fingerprint density at radius 1 is 1.44 bits per heavy atom. The molecule has 0 spiro atoms. The molecule has 0 fully saturated rings. The lowest BCUT2D eigenvalue weighted by Crippen LogP contribution is -2.40. The summed E-state index contributed by atoms with van der Waals surface area (Å²) in [5, 5.41) is 0. The van der Waals surface area contributed by atoms with Crippen molar-refractivity contribution in [3.63, 3.8) is 0 Å². The first-order valence-corrected chi connectivity index (χ1v) is 6.06. The van der Waals surface area contributed by atoms with E-state index in [1.807, 2.05) is 18.2 Å². The van der Waals surface area contributed by atoms with Gasteiger partial charge in [-0.15, -0.1) is 0 Å². The van der Waals surface area contributed by atoms with Crippen LogP contribution in [-0.2, 0) is 0 Å². The van der Waals surface area contributed by atoms with Crippen LogP contribution in [-0.4, -0.2) is 19.2 Å². The predicted octanol–water partition coefficient (Wildman–Crippen LogP) is 2.66. The second-order valence-electron chi connectivity index (χ2n) is 4.29. The van der Waals surface area contributed by atoms with Gasteiger partial charge in [-0.25, -0.2) is 0 Å². The van der Waals surface area contributed by atoms with Crippen LogP contribution >= 0.6 is 0 Å². The summed E-state index contributed by atoms with van der Waals surface area (Å²) in [6, 6.07) is 5.91. The number of hydrogen-bond acceptors (Lipinski definition) is 3. The summed E-state index contributed by atoms with van der Waals surface area (Å²) < 4.78 is 5.92. The van der Waals surface area contributed by atoms with Crippen molar-refractivity contribution in [2.45, 2.75) is 32.8 Å². The van der Waals surface area contributed by atoms with E-state index in [9.17, 15) is 0 Å². The van der Waals surface area contributed by atoms with Crippen LogP contribution in [0.4, 0.5) is 11.4 Å². The normalized spacial score (nSPS) is 19.1. The number of para-hydroxylation sites is 1. The van der Waals surface area contributed by atoms with Crippen LogP contribution in [0.3, 0.4) is 0 Å². The van der Waals surface area contributed by atoms with Gasteiger partial charge in [-0.1, -0.05) is 19.9 Å². The Bertz CT molecular complexity index is 365. The molecule has 1 atom stereocenters. The molecule has 1 aliphatic heterocycles. The number of nitrogens with two attached hydrogens (primary N) is 1. The van der Waals surface area contributed by atoms with E-state index in [1.54, 1.807) is 0 Å². The van der Waals surface area contributed by atoms with Crippen molar-refractivity contribution in [3.05, 3.63) is 18.2 Å². The molecule has 2 rings (SSSR count). The highest BCUT2D eigenvalue weighted by molar-refractivity contribution is 5.75. The van der Waals surface area contributed by atoms with Crippen LogP contribution in [0.15, 0.2) is 18.2 Å². The molecule has 3 nitrogen and oxygen atoms in total. The summed E-state index contributed by atoms with van der Waals surface area (Å²) in [5.74, 6) is 0.937. The fourth-order valence-electron chi connectivity index (χ4n) is 2.21. The number of nitrogens with zero attached hydrogens (tertiary/aromatic N) is 1. The molecular formula is C13H20N2O. The van der Waals surface area contributed by atoms with E-state index in [2.05, 4.69) is 18.7 Å². The summed E-state index contributed by atoms with van der Waals surface area (Å²) in [6.07, 6.45) is 2.46. The minimum atomic E-state index is 0.292. The van der Waals surface area contributed by atoms with Gasteiger partial charge in [0.25, 0.3) is 0 Å². The molecule has 0 amide bonds. The second-order valence-corrected chi connectivity index (χ2v) is 4.29. The molecule has 0 saturated carbocycles. The SMILES string of the molecule is CCCN1CC(CC)Oc2cccc(N)c21. The zero-order valence-corrected chi connectivity index (χ0v) is 10.1. The van der Waals surface area contributed by atoms with Gasteiger partial charge in [-0.05, 0) is 25.0 Å². The molecule has 88 valence electrons. The number of fused-ring (bicyclic) bond motifs is 1. The minimum Gasteiger partial charge on any atom is -0.486 e. The Hall–Kier alpha value is -1.38. The van der Waals surface area contributed by atoms with E-state index in [-0.39, 0.29) is 0 Å². The Kier molecular flexibility index (Phi) is 3.22. The average Bonchev–Trinajstić information content (AvgIpc) is 2.29. The summed E-state index contributed by atoms with van der Waals surface area (Å²) >= 11 is 0. The zero-order chi connectivity index (χ0) is 11.5. The number of hydrogen-bond donors (Lipinski definition) is 1. The van der Waals surface area contributed by atoms with Crippen molar-refractivity contribution in [1.82, 2.24) is 0 Å². The Morgan fingerprint density at radius 3 is 2.94 bits per heavy atom. The molecular weight excluding hydrogens is 200 g/mol. The summed E-state index contributed by atoms with van der Waals surface area (Å²) in [4.78, 5) is 2.35. The first-order chi connectivity index (χ1) is 7.76. The van der Waals surface area contributed by atoms with Crippen molar-refractivity contribution in [3.8, 4) is 5.75 Å². The summed E-state index contributed by atoms with van der Waals surface area (Å²) in [7, 11) is 0. The van der Waals surface area contributed by atoms with E-state index in [0.29, 0.717) is 6.10 Å². The highest BCUT2D eigenvalue weighted by Gasteiger charge is 2.25. The topological polar surface area (TPSA) is 38.5 Å². The van der Waals surface area contributed by atoms with Crippen LogP contribution in [0.2, 0.25) is 0 Å². The van der Waals surface area contributed by atoms with Gasteiger partial charge in [0.1, 0.15) is 17.5 Å². The lowest BCUT2D eigenvalue weighted by molar-refractivity contribution is 0.189. The zero-order valence-electron chi connectivity index (χ0n) is 10.1. The molecule has 3 heteroatoms. The molecule has 2 N–H and O–H groups in total. The molecule has 16 heavy (non-hydrogen) atoms. The summed E-state index contributed by atoms with van der Waals surface area (Å²) in [5.41, 5.74) is 7.92. The maximum atomic E-state index is 6.03. The van der Waals surface area contributed by atoms with Crippen LogP contribution in [0.1, 0.15) is 26.7 Å². The van der Waals surface area contributed by atoms with Gasteiger partial charge in [0.2, 0.25) is 0 Å². The predicted molar refractivity (Wildman–Crippen MR) is 68.1 cm³/mol. The molecule has 0 aliphatic carbocycles. The third kappa shape index (κ3) is 1.94. The van der Waals surface area contributed by atoms with Gasteiger partial charge >= 0.3 is 0 Å². The Morgan fingerprint density at radius 2 is 2.25 bits per heavy atom. The third-order valence-electron chi connectivity index (χ3n) is 3.01. The van der Waals surface area contributed by atoms with Gasteiger partial charge in [-0.2, -0.15) is 0 Å². The van der Waals surface area contributed by atoms with Crippen LogP contribution in [0.5, 0.6) is 5.75 Å². The molecule has 0 radical (unpaired) electrons. The maximum absolute atomic E-state index is 6.03. The number of ether oxygens (including phenoxy) is 1. The van der Waals surface area contributed by atoms with Crippen molar-refractivity contribution < 1.29 is 4.74 Å². The van der Waals surface area contributed by atoms with Crippen LogP contribution in [0, 0.1) is 0 Å². The first-order valence-electron chi connectivity index (χ1n) is 6.06. The lowest BCUT2D eigenvalue weighted by atomic mass is 10.1. The Balaban J connectivity index is 2.35. The number of rotatable bonds is 3. The molecule has 0 saturated heterocycles. The van der Waals surface area contributed by atoms with Crippen molar-refractivity contribution in [1.29, 1.82) is 0 Å².